The number of amides is 1. The van der Waals surface area contributed by atoms with Gasteiger partial charge in [0.1, 0.15) is 6.54 Å². The Kier molecular flexibility index (Phi) is 3.78. The minimum absolute atomic E-state index is 0.104. The van der Waals surface area contributed by atoms with Gasteiger partial charge in [-0.05, 0) is 31.0 Å². The molecule has 0 spiro atoms. The van der Waals surface area contributed by atoms with Crippen LogP contribution >= 0.6 is 0 Å². The molecule has 1 heterocycles. The molecule has 110 valence electrons. The lowest BCUT2D eigenvalue weighted by Gasteiger charge is -2.28. The molecule has 2 rings (SSSR count). The van der Waals surface area contributed by atoms with Crippen LogP contribution in [0.15, 0.2) is 12.1 Å². The van der Waals surface area contributed by atoms with Crippen molar-refractivity contribution in [3.63, 3.8) is 0 Å². The third-order valence-electron chi connectivity index (χ3n) is 3.24. The van der Waals surface area contributed by atoms with Gasteiger partial charge < -0.3 is 16.0 Å². The van der Waals surface area contributed by atoms with Gasteiger partial charge >= 0.3 is 6.18 Å². The van der Waals surface area contributed by atoms with E-state index in [1.165, 1.54) is 11.0 Å². The molecule has 0 atom stereocenters. The minimum atomic E-state index is -4.29. The third kappa shape index (κ3) is 3.15. The molecule has 4 nitrogen and oxygen atoms in total. The van der Waals surface area contributed by atoms with Crippen LogP contribution in [0.25, 0.3) is 0 Å². The lowest BCUT2D eigenvalue weighted by Crippen LogP contribution is -2.34. The highest BCUT2D eigenvalue weighted by molar-refractivity contribution is 5.95. The first-order valence-corrected chi connectivity index (χ1v) is 6.34. The molecule has 0 saturated heterocycles. The van der Waals surface area contributed by atoms with Gasteiger partial charge in [0.15, 0.2) is 0 Å². The van der Waals surface area contributed by atoms with Gasteiger partial charge in [-0.15, -0.1) is 0 Å². The van der Waals surface area contributed by atoms with Crippen molar-refractivity contribution in [3.05, 3.63) is 17.7 Å². The van der Waals surface area contributed by atoms with Crippen LogP contribution in [0.4, 0.5) is 30.2 Å². The number of nitrogen functional groups attached to an aromatic ring is 1. The van der Waals surface area contributed by atoms with E-state index in [1.54, 1.807) is 13.0 Å². The van der Waals surface area contributed by atoms with Crippen molar-refractivity contribution < 1.29 is 18.0 Å². The zero-order valence-electron chi connectivity index (χ0n) is 11.0. The second kappa shape index (κ2) is 5.22. The predicted octanol–water partition coefficient (Wildman–Crippen LogP) is 2.54. The summed E-state index contributed by atoms with van der Waals surface area (Å²) in [6.45, 7) is 0.806. The molecule has 1 aromatic rings. The van der Waals surface area contributed by atoms with Crippen molar-refractivity contribution >= 4 is 23.0 Å². The summed E-state index contributed by atoms with van der Waals surface area (Å²) in [7, 11) is 0. The lowest BCUT2D eigenvalue weighted by molar-refractivity contribution is -0.119. The number of hydrogen-bond donors (Lipinski definition) is 2. The molecule has 1 aliphatic rings. The highest BCUT2D eigenvalue weighted by Crippen LogP contribution is 2.34. The van der Waals surface area contributed by atoms with E-state index in [9.17, 15) is 18.0 Å². The summed E-state index contributed by atoms with van der Waals surface area (Å²) in [4.78, 5) is 12.5. The van der Waals surface area contributed by atoms with Gasteiger partial charge in [0.05, 0.1) is 11.4 Å². The summed E-state index contributed by atoms with van der Waals surface area (Å²) in [5.74, 6) is -0.104. The maximum atomic E-state index is 12.6. The number of aryl methyl sites for hydroxylation is 1. The predicted molar refractivity (Wildman–Crippen MR) is 71.7 cm³/mol. The number of nitrogens with zero attached hydrogens (tertiary/aromatic N) is 1. The van der Waals surface area contributed by atoms with Gasteiger partial charge in [0.2, 0.25) is 5.91 Å². The first-order chi connectivity index (χ1) is 9.30. The topological polar surface area (TPSA) is 58.4 Å². The molecule has 20 heavy (non-hydrogen) atoms. The summed E-state index contributed by atoms with van der Waals surface area (Å²) in [5, 5.41) is 2.67. The maximum absolute atomic E-state index is 12.6. The highest BCUT2D eigenvalue weighted by atomic mass is 19.4. The van der Waals surface area contributed by atoms with E-state index >= 15 is 0 Å². The van der Waals surface area contributed by atoms with E-state index in [1.807, 2.05) is 0 Å². The molecular formula is C13H16F3N3O. The lowest BCUT2D eigenvalue weighted by atomic mass is 10.0. The molecule has 1 amide bonds. The molecule has 1 aliphatic heterocycles. The smallest absolute Gasteiger partial charge is 0.397 e. The molecular weight excluding hydrogens is 271 g/mol. The number of alkyl halides is 3. The van der Waals surface area contributed by atoms with Crippen LogP contribution in [0.3, 0.4) is 0 Å². The van der Waals surface area contributed by atoms with Gasteiger partial charge in [-0.1, -0.05) is 0 Å². The Morgan fingerprint density at radius 2 is 2.05 bits per heavy atom. The number of nitrogens with two attached hydrogens (primary N) is 1. The molecule has 3 N–H and O–H groups in total. The Balaban J connectivity index is 2.34. The molecule has 0 unspecified atom stereocenters. The number of fused-ring (bicyclic) bond motifs is 1. The molecule has 0 radical (unpaired) electrons. The fraction of sp³-hybridized carbons (Fsp3) is 0.462. The Labute approximate surface area is 114 Å². The fourth-order valence-corrected chi connectivity index (χ4v) is 2.29. The zero-order chi connectivity index (χ0) is 14.9. The summed E-state index contributed by atoms with van der Waals surface area (Å²) in [6, 6.07) is 3.17. The van der Waals surface area contributed by atoms with Gasteiger partial charge in [-0.2, -0.15) is 13.2 Å². The number of nitrogens with one attached hydrogen (secondary N) is 1. The van der Waals surface area contributed by atoms with E-state index in [4.69, 9.17) is 5.73 Å². The van der Waals surface area contributed by atoms with E-state index in [2.05, 4.69) is 5.32 Å². The third-order valence-corrected chi connectivity index (χ3v) is 3.24. The van der Waals surface area contributed by atoms with Gasteiger partial charge in [-0.3, -0.25) is 4.79 Å². The first kappa shape index (κ1) is 14.5. The second-order valence-electron chi connectivity index (χ2n) is 4.75. The van der Waals surface area contributed by atoms with E-state index in [0.717, 1.165) is 5.56 Å². The molecule has 0 fully saturated rings. The summed E-state index contributed by atoms with van der Waals surface area (Å²) < 4.78 is 37.7. The highest BCUT2D eigenvalue weighted by Gasteiger charge is 2.31. The number of halogens is 3. The number of carbonyl (C=O) groups excluding carboxylic acids is 1. The van der Waals surface area contributed by atoms with Crippen LogP contribution in [0.1, 0.15) is 18.9 Å². The average Bonchev–Trinajstić information content (AvgIpc) is 2.34. The molecule has 7 heteroatoms. The summed E-state index contributed by atoms with van der Waals surface area (Å²) >= 11 is 0. The number of rotatable bonds is 3. The summed E-state index contributed by atoms with van der Waals surface area (Å²) in [6.07, 6.45) is -3.44. The number of carbonyl (C=O) groups is 1. The minimum Gasteiger partial charge on any atom is -0.397 e. The molecule has 0 aromatic heterocycles. The van der Waals surface area contributed by atoms with Gasteiger partial charge in [-0.25, -0.2) is 0 Å². The first-order valence-electron chi connectivity index (χ1n) is 6.34. The average molecular weight is 287 g/mol. The largest absolute Gasteiger partial charge is 0.405 e. The second-order valence-corrected chi connectivity index (χ2v) is 4.75. The monoisotopic (exact) mass is 287 g/mol. The van der Waals surface area contributed by atoms with Crippen molar-refractivity contribution in [1.82, 2.24) is 0 Å². The quantitative estimate of drug-likeness (QED) is 0.840. The molecule has 0 saturated carbocycles. The van der Waals surface area contributed by atoms with Crippen LogP contribution in [0, 0.1) is 0 Å². The van der Waals surface area contributed by atoms with Crippen molar-refractivity contribution in [2.45, 2.75) is 25.9 Å². The molecule has 1 aromatic carbocycles. The van der Waals surface area contributed by atoms with E-state index in [-0.39, 0.29) is 18.1 Å². The van der Waals surface area contributed by atoms with Crippen molar-refractivity contribution in [2.75, 3.05) is 29.0 Å². The number of hydrogen-bond acceptors (Lipinski definition) is 3. The van der Waals surface area contributed by atoms with Crippen molar-refractivity contribution in [1.29, 1.82) is 0 Å². The van der Waals surface area contributed by atoms with Gasteiger partial charge in [0.25, 0.3) is 0 Å². The normalized spacial score (nSPS) is 14.7. The van der Waals surface area contributed by atoms with Crippen LogP contribution in [0.2, 0.25) is 0 Å². The van der Waals surface area contributed by atoms with E-state index in [0.29, 0.717) is 24.2 Å². The Bertz CT molecular complexity index is 528. The van der Waals surface area contributed by atoms with Gasteiger partial charge in [0, 0.05) is 18.7 Å². The molecule has 0 bridgehead atoms. The molecule has 0 aliphatic carbocycles. The number of benzene rings is 1. The van der Waals surface area contributed by atoms with Crippen LogP contribution in [-0.4, -0.2) is 25.2 Å². The van der Waals surface area contributed by atoms with E-state index < -0.39 is 12.7 Å². The fourth-order valence-electron chi connectivity index (χ4n) is 2.29. The van der Waals surface area contributed by atoms with Crippen LogP contribution in [-0.2, 0) is 11.2 Å². The SMILES string of the molecule is CCN(CC(F)(F)F)c1cc2c(cc1N)NC(=O)CC2. The van der Waals surface area contributed by atoms with Crippen LogP contribution < -0.4 is 16.0 Å². The standard InChI is InChI=1S/C13H16F3N3O/c1-2-19(7-13(14,15)16)11-5-8-3-4-12(20)18-10(8)6-9(11)17/h5-6H,2-4,7,17H2,1H3,(H,18,20). The Morgan fingerprint density at radius 1 is 1.35 bits per heavy atom. The summed E-state index contributed by atoms with van der Waals surface area (Å²) in [5.41, 5.74) is 7.82. The Morgan fingerprint density at radius 3 is 2.65 bits per heavy atom. The van der Waals surface area contributed by atoms with Crippen molar-refractivity contribution in [2.24, 2.45) is 0 Å². The number of anilines is 3. The van der Waals surface area contributed by atoms with Crippen molar-refractivity contribution in [3.8, 4) is 0 Å². The Hall–Kier alpha value is -1.92. The maximum Gasteiger partial charge on any atom is 0.405 e. The van der Waals surface area contributed by atoms with Crippen LogP contribution in [0.5, 0.6) is 0 Å². The zero-order valence-corrected chi connectivity index (χ0v) is 11.0.